The van der Waals surface area contributed by atoms with Gasteiger partial charge in [-0.25, -0.2) is 17.6 Å². The van der Waals surface area contributed by atoms with Gasteiger partial charge < -0.3 is 14.2 Å². The first-order valence-corrected chi connectivity index (χ1v) is 11.8. The normalized spacial score (nSPS) is 21.5. The van der Waals surface area contributed by atoms with Crippen molar-refractivity contribution < 1.29 is 26.8 Å². The van der Waals surface area contributed by atoms with Crippen LogP contribution in [-0.2, 0) is 0 Å². The van der Waals surface area contributed by atoms with Crippen molar-refractivity contribution >= 4 is 5.91 Å². The van der Waals surface area contributed by atoms with Crippen LogP contribution in [0.15, 0.2) is 59.4 Å². The predicted molar refractivity (Wildman–Crippen MR) is 122 cm³/mol. The standard InChI is InChI=1S/C27H26F4N2O2/c28-21-3-1-17(2-4-21)18-7-10-32(11-8-18)13-20-14-33(15-23(20)19-9-12-35-16-19)27(34)22-5-6-24(29)26(31)25(22)30/h1-6,9,12,16,18,20,23H,7-8,10-11,13-15H2. The first-order valence-electron chi connectivity index (χ1n) is 11.8. The minimum atomic E-state index is -1.64. The van der Waals surface area contributed by atoms with E-state index in [4.69, 9.17) is 4.42 Å². The Labute approximate surface area is 201 Å². The average Bonchev–Trinajstić information content (AvgIpc) is 3.54. The molecule has 2 unspecified atom stereocenters. The Kier molecular flexibility index (Phi) is 6.65. The van der Waals surface area contributed by atoms with E-state index in [1.165, 1.54) is 17.0 Å². The van der Waals surface area contributed by atoms with Crippen molar-refractivity contribution in [3.8, 4) is 0 Å². The maximum Gasteiger partial charge on any atom is 0.256 e. The van der Waals surface area contributed by atoms with Crippen molar-refractivity contribution in [2.24, 2.45) is 5.92 Å². The zero-order valence-electron chi connectivity index (χ0n) is 19.1. The molecule has 1 aromatic heterocycles. The van der Waals surface area contributed by atoms with Crippen molar-refractivity contribution in [3.05, 3.63) is 95.0 Å². The predicted octanol–water partition coefficient (Wildman–Crippen LogP) is 5.57. The number of carbonyl (C=O) groups excluding carboxylic acids is 1. The zero-order chi connectivity index (χ0) is 24.5. The topological polar surface area (TPSA) is 36.7 Å². The molecule has 184 valence electrons. The molecule has 2 aliphatic rings. The van der Waals surface area contributed by atoms with E-state index in [2.05, 4.69) is 4.90 Å². The molecule has 2 atom stereocenters. The Hall–Kier alpha value is -3.13. The summed E-state index contributed by atoms with van der Waals surface area (Å²) in [6.45, 7) is 3.22. The van der Waals surface area contributed by atoms with Gasteiger partial charge in [0.15, 0.2) is 17.5 Å². The van der Waals surface area contributed by atoms with E-state index >= 15 is 0 Å². The third-order valence-electron chi connectivity index (χ3n) is 7.39. The third-order valence-corrected chi connectivity index (χ3v) is 7.39. The highest BCUT2D eigenvalue weighted by atomic mass is 19.2. The molecular weight excluding hydrogens is 460 g/mol. The number of nitrogens with zero attached hydrogens (tertiary/aromatic N) is 2. The summed E-state index contributed by atoms with van der Waals surface area (Å²) in [4.78, 5) is 16.9. The van der Waals surface area contributed by atoms with Crippen LogP contribution in [0.2, 0.25) is 0 Å². The Balaban J connectivity index is 1.28. The van der Waals surface area contributed by atoms with Crippen molar-refractivity contribution in [1.29, 1.82) is 0 Å². The fourth-order valence-corrected chi connectivity index (χ4v) is 5.46. The molecule has 0 bridgehead atoms. The lowest BCUT2D eigenvalue weighted by atomic mass is 9.87. The molecule has 2 saturated heterocycles. The maximum atomic E-state index is 14.3. The van der Waals surface area contributed by atoms with Crippen molar-refractivity contribution in [3.63, 3.8) is 0 Å². The van der Waals surface area contributed by atoms with Gasteiger partial charge in [0.25, 0.3) is 5.91 Å². The van der Waals surface area contributed by atoms with Crippen molar-refractivity contribution in [2.75, 3.05) is 32.7 Å². The van der Waals surface area contributed by atoms with Crippen LogP contribution in [0.5, 0.6) is 0 Å². The summed E-state index contributed by atoms with van der Waals surface area (Å²) in [6.07, 6.45) is 5.15. The molecule has 2 fully saturated rings. The lowest BCUT2D eigenvalue weighted by Gasteiger charge is -2.34. The monoisotopic (exact) mass is 486 g/mol. The largest absolute Gasteiger partial charge is 0.472 e. The van der Waals surface area contributed by atoms with Crippen LogP contribution < -0.4 is 0 Å². The molecule has 2 aromatic carbocycles. The minimum Gasteiger partial charge on any atom is -0.472 e. The van der Waals surface area contributed by atoms with E-state index in [0.29, 0.717) is 19.0 Å². The molecule has 0 aliphatic carbocycles. The van der Waals surface area contributed by atoms with Gasteiger partial charge in [-0.05, 0) is 79.2 Å². The number of piperidine rings is 1. The van der Waals surface area contributed by atoms with Crippen LogP contribution in [0.3, 0.4) is 0 Å². The van der Waals surface area contributed by atoms with Gasteiger partial charge in [-0.1, -0.05) is 12.1 Å². The zero-order valence-corrected chi connectivity index (χ0v) is 19.1. The molecule has 3 aromatic rings. The van der Waals surface area contributed by atoms with E-state index in [9.17, 15) is 22.4 Å². The first-order chi connectivity index (χ1) is 16.9. The minimum absolute atomic E-state index is 0.0131. The third kappa shape index (κ3) is 4.85. The lowest BCUT2D eigenvalue weighted by Crippen LogP contribution is -2.38. The number of likely N-dealkylation sites (tertiary alicyclic amines) is 2. The van der Waals surface area contributed by atoms with Gasteiger partial charge in [-0.15, -0.1) is 0 Å². The molecule has 35 heavy (non-hydrogen) atoms. The summed E-state index contributed by atoms with van der Waals surface area (Å²) in [5.41, 5.74) is 1.64. The summed E-state index contributed by atoms with van der Waals surface area (Å²) in [5.74, 6) is -4.85. The van der Waals surface area contributed by atoms with E-state index < -0.39 is 28.9 Å². The average molecular weight is 487 g/mol. The highest BCUT2D eigenvalue weighted by Gasteiger charge is 2.39. The smallest absolute Gasteiger partial charge is 0.256 e. The van der Waals surface area contributed by atoms with Gasteiger partial charge in [-0.2, -0.15) is 0 Å². The summed E-state index contributed by atoms with van der Waals surface area (Å²) in [5, 5.41) is 0. The van der Waals surface area contributed by atoms with Gasteiger partial charge in [0.05, 0.1) is 18.1 Å². The molecule has 0 radical (unpaired) electrons. The quantitative estimate of drug-likeness (QED) is 0.350. The fourth-order valence-electron chi connectivity index (χ4n) is 5.46. The second kappa shape index (κ2) is 9.85. The van der Waals surface area contributed by atoms with Crippen LogP contribution in [0.25, 0.3) is 0 Å². The highest BCUT2D eigenvalue weighted by Crippen LogP contribution is 2.36. The van der Waals surface area contributed by atoms with Gasteiger partial charge >= 0.3 is 0 Å². The molecule has 8 heteroatoms. The summed E-state index contributed by atoms with van der Waals surface area (Å²) in [6, 6.07) is 10.3. The van der Waals surface area contributed by atoms with Gasteiger partial charge in [0.2, 0.25) is 0 Å². The molecule has 5 rings (SSSR count). The fraction of sp³-hybridized carbons (Fsp3) is 0.370. The number of hydrogen-bond donors (Lipinski definition) is 0. The van der Waals surface area contributed by atoms with Crippen molar-refractivity contribution in [2.45, 2.75) is 24.7 Å². The molecule has 0 spiro atoms. The van der Waals surface area contributed by atoms with Crippen molar-refractivity contribution in [1.82, 2.24) is 9.80 Å². The lowest BCUT2D eigenvalue weighted by molar-refractivity contribution is 0.0775. The molecule has 0 saturated carbocycles. The van der Waals surface area contributed by atoms with Crippen LogP contribution in [0, 0.1) is 29.2 Å². The Morgan fingerprint density at radius 1 is 0.886 bits per heavy atom. The number of rotatable bonds is 5. The van der Waals surface area contributed by atoms with Crippen LogP contribution in [0.1, 0.15) is 46.2 Å². The molecule has 1 amide bonds. The van der Waals surface area contributed by atoms with E-state index in [-0.39, 0.29) is 17.7 Å². The summed E-state index contributed by atoms with van der Waals surface area (Å²) < 4.78 is 59.9. The van der Waals surface area contributed by atoms with E-state index in [1.54, 1.807) is 12.5 Å². The van der Waals surface area contributed by atoms with Gasteiger partial charge in [-0.3, -0.25) is 4.79 Å². The van der Waals surface area contributed by atoms with Crippen LogP contribution >= 0.6 is 0 Å². The van der Waals surface area contributed by atoms with E-state index in [0.717, 1.165) is 55.7 Å². The summed E-state index contributed by atoms with van der Waals surface area (Å²) in [7, 11) is 0. The number of benzene rings is 2. The molecule has 0 N–H and O–H groups in total. The Morgan fingerprint density at radius 3 is 2.31 bits per heavy atom. The SMILES string of the molecule is O=C(c1ccc(F)c(F)c1F)N1CC(CN2CCC(c3ccc(F)cc3)CC2)C(c2ccoc2)C1. The number of amides is 1. The van der Waals surface area contributed by atoms with Crippen LogP contribution in [0.4, 0.5) is 17.6 Å². The number of furan rings is 1. The molecular formula is C27H26F4N2O2. The number of carbonyl (C=O) groups is 1. The van der Waals surface area contributed by atoms with Crippen LogP contribution in [-0.4, -0.2) is 48.4 Å². The van der Waals surface area contributed by atoms with Gasteiger partial charge in [0.1, 0.15) is 5.82 Å². The highest BCUT2D eigenvalue weighted by molar-refractivity contribution is 5.94. The second-order valence-electron chi connectivity index (χ2n) is 9.48. The van der Waals surface area contributed by atoms with Gasteiger partial charge in [0, 0.05) is 25.6 Å². The molecule has 4 nitrogen and oxygen atoms in total. The second-order valence-corrected chi connectivity index (χ2v) is 9.48. The molecule has 3 heterocycles. The number of halogens is 4. The first kappa shape index (κ1) is 23.6. The maximum absolute atomic E-state index is 14.3. The Bertz CT molecular complexity index is 1170. The van der Waals surface area contributed by atoms with E-state index in [1.807, 2.05) is 18.2 Å². The number of hydrogen-bond acceptors (Lipinski definition) is 3. The summed E-state index contributed by atoms with van der Waals surface area (Å²) >= 11 is 0. The Morgan fingerprint density at radius 2 is 1.63 bits per heavy atom. The molecule has 2 aliphatic heterocycles.